The highest BCUT2D eigenvalue weighted by molar-refractivity contribution is 5.46. The minimum Gasteiger partial charge on any atom is -0.369 e. The minimum absolute atomic E-state index is 0.167. The van der Waals surface area contributed by atoms with Gasteiger partial charge in [-0.05, 0) is 50.2 Å². The first kappa shape index (κ1) is 13.3. The van der Waals surface area contributed by atoms with Crippen molar-refractivity contribution < 1.29 is 4.39 Å². The second-order valence-electron chi connectivity index (χ2n) is 4.80. The number of anilines is 1. The zero-order chi connectivity index (χ0) is 12.8. The van der Waals surface area contributed by atoms with Crippen molar-refractivity contribution in [2.24, 2.45) is 5.73 Å². The molecule has 1 saturated heterocycles. The van der Waals surface area contributed by atoms with Crippen molar-refractivity contribution in [1.82, 2.24) is 4.90 Å². The van der Waals surface area contributed by atoms with E-state index in [0.29, 0.717) is 0 Å². The molecular weight excluding hydrogens is 229 g/mol. The van der Waals surface area contributed by atoms with E-state index >= 15 is 0 Å². The van der Waals surface area contributed by atoms with Crippen LogP contribution < -0.4 is 10.6 Å². The molecule has 1 aliphatic rings. The molecule has 3 nitrogen and oxygen atoms in total. The van der Waals surface area contributed by atoms with Crippen molar-refractivity contribution in [3.05, 3.63) is 30.1 Å². The van der Waals surface area contributed by atoms with E-state index in [0.717, 1.165) is 51.4 Å². The van der Waals surface area contributed by atoms with Crippen molar-refractivity contribution in [2.45, 2.75) is 12.8 Å². The van der Waals surface area contributed by atoms with E-state index in [1.54, 1.807) is 0 Å². The van der Waals surface area contributed by atoms with Crippen molar-refractivity contribution >= 4 is 5.69 Å². The van der Waals surface area contributed by atoms with Gasteiger partial charge < -0.3 is 10.6 Å². The second kappa shape index (κ2) is 6.71. The van der Waals surface area contributed by atoms with Crippen LogP contribution in [-0.4, -0.2) is 44.2 Å². The third kappa shape index (κ3) is 3.68. The average molecular weight is 251 g/mol. The maximum absolute atomic E-state index is 12.9. The maximum Gasteiger partial charge on any atom is 0.123 e. The van der Waals surface area contributed by atoms with Crippen LogP contribution >= 0.6 is 0 Å². The van der Waals surface area contributed by atoms with E-state index in [2.05, 4.69) is 9.80 Å². The molecule has 0 atom stereocenters. The molecule has 0 radical (unpaired) electrons. The predicted octanol–water partition coefficient (Wildman–Crippen LogP) is 1.69. The largest absolute Gasteiger partial charge is 0.369 e. The standard InChI is InChI=1S/C14H22FN3/c15-13-3-5-14(6-4-13)18-11-9-17(10-12-18)8-2-1-7-16/h3-6H,1-2,7-12,16H2. The molecule has 4 heteroatoms. The van der Waals surface area contributed by atoms with Gasteiger partial charge in [0.25, 0.3) is 0 Å². The summed E-state index contributed by atoms with van der Waals surface area (Å²) < 4.78 is 12.9. The maximum atomic E-state index is 12.9. The SMILES string of the molecule is NCCCCN1CCN(c2ccc(F)cc2)CC1. The van der Waals surface area contributed by atoms with Crippen molar-refractivity contribution in [1.29, 1.82) is 0 Å². The van der Waals surface area contributed by atoms with E-state index < -0.39 is 0 Å². The molecule has 18 heavy (non-hydrogen) atoms. The van der Waals surface area contributed by atoms with Gasteiger partial charge in [0.1, 0.15) is 5.82 Å². The summed E-state index contributed by atoms with van der Waals surface area (Å²) in [5.74, 6) is -0.167. The monoisotopic (exact) mass is 251 g/mol. The van der Waals surface area contributed by atoms with Gasteiger partial charge in [0.15, 0.2) is 0 Å². The van der Waals surface area contributed by atoms with Crippen LogP contribution in [0.15, 0.2) is 24.3 Å². The predicted molar refractivity (Wildman–Crippen MR) is 73.3 cm³/mol. The van der Waals surface area contributed by atoms with E-state index in [1.807, 2.05) is 12.1 Å². The molecule has 1 aromatic carbocycles. The lowest BCUT2D eigenvalue weighted by Crippen LogP contribution is -2.46. The second-order valence-corrected chi connectivity index (χ2v) is 4.80. The Morgan fingerprint density at radius 3 is 2.28 bits per heavy atom. The molecule has 0 amide bonds. The number of piperazine rings is 1. The van der Waals surface area contributed by atoms with Crippen LogP contribution in [0.3, 0.4) is 0 Å². The molecule has 0 saturated carbocycles. The minimum atomic E-state index is -0.167. The number of benzene rings is 1. The van der Waals surface area contributed by atoms with Crippen molar-refractivity contribution in [3.63, 3.8) is 0 Å². The molecule has 0 unspecified atom stereocenters. The molecule has 0 bridgehead atoms. The van der Waals surface area contributed by atoms with Crippen LogP contribution in [0.4, 0.5) is 10.1 Å². The van der Waals surface area contributed by atoms with Gasteiger partial charge in [-0.3, -0.25) is 4.90 Å². The Bertz CT molecular complexity index is 345. The van der Waals surface area contributed by atoms with Crippen LogP contribution in [-0.2, 0) is 0 Å². The topological polar surface area (TPSA) is 32.5 Å². The highest BCUT2D eigenvalue weighted by Crippen LogP contribution is 2.16. The summed E-state index contributed by atoms with van der Waals surface area (Å²) in [6, 6.07) is 6.78. The molecule has 0 spiro atoms. The summed E-state index contributed by atoms with van der Waals surface area (Å²) in [5, 5.41) is 0. The third-order valence-electron chi connectivity index (χ3n) is 3.49. The molecule has 0 aromatic heterocycles. The number of hydrogen-bond acceptors (Lipinski definition) is 3. The summed E-state index contributed by atoms with van der Waals surface area (Å²) in [5.41, 5.74) is 6.62. The molecule has 1 fully saturated rings. The zero-order valence-electron chi connectivity index (χ0n) is 10.8. The van der Waals surface area contributed by atoms with Crippen LogP contribution in [0.25, 0.3) is 0 Å². The number of rotatable bonds is 5. The lowest BCUT2D eigenvalue weighted by atomic mass is 10.2. The Morgan fingerprint density at radius 2 is 1.67 bits per heavy atom. The molecule has 2 N–H and O–H groups in total. The molecular formula is C14H22FN3. The summed E-state index contributed by atoms with van der Waals surface area (Å²) in [6.45, 7) is 6.15. The number of nitrogens with two attached hydrogens (primary N) is 1. The van der Waals surface area contributed by atoms with Crippen molar-refractivity contribution in [3.8, 4) is 0 Å². The fraction of sp³-hybridized carbons (Fsp3) is 0.571. The number of hydrogen-bond donors (Lipinski definition) is 1. The Hall–Kier alpha value is -1.13. The summed E-state index contributed by atoms with van der Waals surface area (Å²) in [7, 11) is 0. The van der Waals surface area contributed by atoms with E-state index in [9.17, 15) is 4.39 Å². The average Bonchev–Trinajstić information content (AvgIpc) is 2.41. The Morgan fingerprint density at radius 1 is 1.00 bits per heavy atom. The van der Waals surface area contributed by atoms with Gasteiger partial charge >= 0.3 is 0 Å². The smallest absolute Gasteiger partial charge is 0.123 e. The fourth-order valence-electron chi connectivity index (χ4n) is 2.36. The van der Waals surface area contributed by atoms with Gasteiger partial charge in [0.05, 0.1) is 0 Å². The quantitative estimate of drug-likeness (QED) is 0.808. The number of unbranched alkanes of at least 4 members (excludes halogenated alkanes) is 1. The van der Waals surface area contributed by atoms with Gasteiger partial charge in [0, 0.05) is 31.9 Å². The van der Waals surface area contributed by atoms with Gasteiger partial charge in [-0.25, -0.2) is 4.39 Å². The van der Waals surface area contributed by atoms with Crippen molar-refractivity contribution in [2.75, 3.05) is 44.2 Å². The van der Waals surface area contributed by atoms with E-state index in [1.165, 1.54) is 18.6 Å². The first-order valence-electron chi connectivity index (χ1n) is 6.72. The Kier molecular flexibility index (Phi) is 4.96. The first-order chi connectivity index (χ1) is 8.79. The van der Waals surface area contributed by atoms with Gasteiger partial charge in [0.2, 0.25) is 0 Å². The highest BCUT2D eigenvalue weighted by Gasteiger charge is 2.16. The van der Waals surface area contributed by atoms with E-state index in [-0.39, 0.29) is 5.82 Å². The van der Waals surface area contributed by atoms with Gasteiger partial charge in [-0.15, -0.1) is 0 Å². The molecule has 2 rings (SSSR count). The lowest BCUT2D eigenvalue weighted by molar-refractivity contribution is 0.253. The van der Waals surface area contributed by atoms with Gasteiger partial charge in [-0.1, -0.05) is 0 Å². The van der Waals surface area contributed by atoms with E-state index in [4.69, 9.17) is 5.73 Å². The Balaban J connectivity index is 1.77. The molecule has 100 valence electrons. The summed E-state index contributed by atoms with van der Waals surface area (Å²) in [4.78, 5) is 4.80. The summed E-state index contributed by atoms with van der Waals surface area (Å²) in [6.07, 6.45) is 2.30. The number of nitrogens with zero attached hydrogens (tertiary/aromatic N) is 2. The molecule has 1 heterocycles. The normalized spacial score (nSPS) is 17.1. The van der Waals surface area contributed by atoms with Crippen LogP contribution in [0.5, 0.6) is 0 Å². The lowest BCUT2D eigenvalue weighted by Gasteiger charge is -2.36. The number of halogens is 1. The van der Waals surface area contributed by atoms with Crippen LogP contribution in [0, 0.1) is 5.82 Å². The van der Waals surface area contributed by atoms with Crippen LogP contribution in [0.2, 0.25) is 0 Å². The molecule has 1 aromatic rings. The fourth-order valence-corrected chi connectivity index (χ4v) is 2.36. The van der Waals surface area contributed by atoms with Crippen LogP contribution in [0.1, 0.15) is 12.8 Å². The molecule has 0 aliphatic carbocycles. The zero-order valence-corrected chi connectivity index (χ0v) is 10.8. The Labute approximate surface area is 108 Å². The first-order valence-corrected chi connectivity index (χ1v) is 6.72. The molecule has 1 aliphatic heterocycles. The highest BCUT2D eigenvalue weighted by atomic mass is 19.1. The summed E-state index contributed by atoms with van der Waals surface area (Å²) >= 11 is 0. The third-order valence-corrected chi connectivity index (χ3v) is 3.49. The van der Waals surface area contributed by atoms with Gasteiger partial charge in [-0.2, -0.15) is 0 Å².